The molecule has 0 bridgehead atoms. The molecule has 2 rings (SSSR count). The van der Waals surface area contributed by atoms with Crippen LogP contribution in [0.25, 0.3) is 0 Å². The molecule has 1 N–H and O–H groups in total. The second-order valence-electron chi connectivity index (χ2n) is 4.89. The van der Waals surface area contributed by atoms with Crippen LogP contribution in [0.2, 0.25) is 0 Å². The summed E-state index contributed by atoms with van der Waals surface area (Å²) in [4.78, 5) is 11.7. The third-order valence-electron chi connectivity index (χ3n) is 3.40. The molecule has 1 aromatic heterocycles. The van der Waals surface area contributed by atoms with Gasteiger partial charge >= 0.3 is 0 Å². The predicted molar refractivity (Wildman–Crippen MR) is 78.0 cm³/mol. The Hall–Kier alpha value is -1.36. The zero-order chi connectivity index (χ0) is 13.7. The minimum Gasteiger partial charge on any atom is -0.380 e. The number of rotatable bonds is 4. The minimum absolute atomic E-state index is 0.779. The van der Waals surface area contributed by atoms with Crippen LogP contribution in [0.3, 0.4) is 0 Å². The van der Waals surface area contributed by atoms with Crippen LogP contribution in [0, 0.1) is 6.92 Å². The molecule has 2 heterocycles. The molecule has 0 aromatic carbocycles. The molecule has 1 saturated heterocycles. The second-order valence-corrected chi connectivity index (χ2v) is 4.89. The normalized spacial score (nSPS) is 16.3. The van der Waals surface area contributed by atoms with Crippen molar-refractivity contribution in [3.63, 3.8) is 0 Å². The number of nitrogens with zero attached hydrogens (tertiary/aromatic N) is 3. The van der Waals surface area contributed by atoms with Gasteiger partial charge in [0, 0.05) is 38.7 Å². The fraction of sp³-hybridized carbons (Fsp3) is 0.714. The first-order valence-electron chi connectivity index (χ1n) is 7.14. The third kappa shape index (κ3) is 3.35. The van der Waals surface area contributed by atoms with Gasteiger partial charge in [-0.2, -0.15) is 0 Å². The summed E-state index contributed by atoms with van der Waals surface area (Å²) in [5.74, 6) is 2.93. The molecular formula is C14H24N4O. The van der Waals surface area contributed by atoms with Crippen molar-refractivity contribution in [1.82, 2.24) is 9.97 Å². The van der Waals surface area contributed by atoms with Gasteiger partial charge in [0.1, 0.15) is 17.5 Å². The lowest BCUT2D eigenvalue weighted by Crippen LogP contribution is -2.28. The molecule has 1 aromatic rings. The molecule has 0 radical (unpaired) electrons. The van der Waals surface area contributed by atoms with Crippen LogP contribution in [0.4, 0.5) is 11.6 Å². The Morgan fingerprint density at radius 3 is 2.84 bits per heavy atom. The third-order valence-corrected chi connectivity index (χ3v) is 3.40. The highest BCUT2D eigenvalue weighted by Gasteiger charge is 2.17. The Morgan fingerprint density at radius 2 is 2.11 bits per heavy atom. The van der Waals surface area contributed by atoms with Crippen LogP contribution in [0.1, 0.15) is 31.2 Å². The Bertz CT molecular complexity index is 414. The summed E-state index contributed by atoms with van der Waals surface area (Å²) in [5.41, 5.74) is 1.13. The van der Waals surface area contributed by atoms with Gasteiger partial charge in [-0.15, -0.1) is 0 Å². The maximum absolute atomic E-state index is 5.52. The number of hydrogen-bond donors (Lipinski definition) is 1. The number of nitrogens with one attached hydrogen (secondary N) is 1. The van der Waals surface area contributed by atoms with Crippen LogP contribution in [-0.4, -0.2) is 43.3 Å². The van der Waals surface area contributed by atoms with Gasteiger partial charge in [0.15, 0.2) is 0 Å². The maximum atomic E-state index is 5.52. The van der Waals surface area contributed by atoms with Crippen molar-refractivity contribution in [2.24, 2.45) is 0 Å². The lowest BCUT2D eigenvalue weighted by atomic mass is 10.2. The molecule has 5 nitrogen and oxygen atoms in total. The summed E-state index contributed by atoms with van der Waals surface area (Å²) < 4.78 is 5.52. The summed E-state index contributed by atoms with van der Waals surface area (Å²) >= 11 is 0. The molecular weight excluding hydrogens is 240 g/mol. The zero-order valence-electron chi connectivity index (χ0n) is 12.2. The summed E-state index contributed by atoms with van der Waals surface area (Å²) in [7, 11) is 1.92. The average molecular weight is 264 g/mol. The van der Waals surface area contributed by atoms with Crippen LogP contribution in [0.15, 0.2) is 0 Å². The van der Waals surface area contributed by atoms with E-state index in [1.807, 2.05) is 7.05 Å². The Kier molecular flexibility index (Phi) is 4.96. The van der Waals surface area contributed by atoms with Crippen molar-refractivity contribution >= 4 is 11.6 Å². The van der Waals surface area contributed by atoms with Gasteiger partial charge < -0.3 is 15.0 Å². The second kappa shape index (κ2) is 6.70. The predicted octanol–water partition coefficient (Wildman–Crippen LogP) is 2.01. The molecule has 0 saturated carbocycles. The lowest BCUT2D eigenvalue weighted by molar-refractivity contribution is 0.152. The molecule has 1 aliphatic rings. The van der Waals surface area contributed by atoms with E-state index >= 15 is 0 Å². The Labute approximate surface area is 115 Å². The summed E-state index contributed by atoms with van der Waals surface area (Å²) in [6.45, 7) is 7.78. The molecule has 5 heteroatoms. The van der Waals surface area contributed by atoms with E-state index in [1.54, 1.807) is 0 Å². The molecule has 0 unspecified atom stereocenters. The van der Waals surface area contributed by atoms with Crippen LogP contribution in [0.5, 0.6) is 0 Å². The fourth-order valence-electron chi connectivity index (χ4n) is 2.39. The molecule has 0 amide bonds. The first kappa shape index (κ1) is 14.1. The minimum atomic E-state index is 0.779. The number of ether oxygens (including phenoxy) is 1. The van der Waals surface area contributed by atoms with Gasteiger partial charge in [0.05, 0.1) is 6.61 Å². The van der Waals surface area contributed by atoms with E-state index < -0.39 is 0 Å². The molecule has 106 valence electrons. The lowest BCUT2D eigenvalue weighted by Gasteiger charge is -2.24. The van der Waals surface area contributed by atoms with Crippen molar-refractivity contribution in [2.45, 2.75) is 33.1 Å². The largest absolute Gasteiger partial charge is 0.380 e. The van der Waals surface area contributed by atoms with E-state index in [0.717, 1.165) is 68.6 Å². The van der Waals surface area contributed by atoms with Gasteiger partial charge in [0.2, 0.25) is 0 Å². The van der Waals surface area contributed by atoms with Crippen LogP contribution >= 0.6 is 0 Å². The van der Waals surface area contributed by atoms with Crippen molar-refractivity contribution in [1.29, 1.82) is 0 Å². The average Bonchev–Trinajstić information content (AvgIpc) is 2.69. The Morgan fingerprint density at radius 1 is 1.26 bits per heavy atom. The molecule has 0 spiro atoms. The maximum Gasteiger partial charge on any atom is 0.137 e. The van der Waals surface area contributed by atoms with Crippen molar-refractivity contribution in [2.75, 3.05) is 43.6 Å². The Balaban J connectivity index is 2.32. The number of anilines is 2. The fourth-order valence-corrected chi connectivity index (χ4v) is 2.39. The van der Waals surface area contributed by atoms with Crippen LogP contribution < -0.4 is 10.2 Å². The quantitative estimate of drug-likeness (QED) is 0.901. The van der Waals surface area contributed by atoms with E-state index in [-0.39, 0.29) is 0 Å². The first-order chi connectivity index (χ1) is 9.26. The molecule has 1 fully saturated rings. The molecule has 0 aliphatic carbocycles. The van der Waals surface area contributed by atoms with E-state index in [9.17, 15) is 0 Å². The first-order valence-corrected chi connectivity index (χ1v) is 7.14. The van der Waals surface area contributed by atoms with E-state index in [2.05, 4.69) is 29.0 Å². The van der Waals surface area contributed by atoms with Gasteiger partial charge in [-0.25, -0.2) is 9.97 Å². The van der Waals surface area contributed by atoms with Crippen LogP contribution in [-0.2, 0) is 11.2 Å². The van der Waals surface area contributed by atoms with Crippen molar-refractivity contribution < 1.29 is 4.74 Å². The van der Waals surface area contributed by atoms with Gasteiger partial charge in [0.25, 0.3) is 0 Å². The highest BCUT2D eigenvalue weighted by atomic mass is 16.5. The monoisotopic (exact) mass is 264 g/mol. The molecule has 1 aliphatic heterocycles. The number of hydrogen-bond acceptors (Lipinski definition) is 5. The summed E-state index contributed by atoms with van der Waals surface area (Å²) in [5, 5.41) is 3.18. The summed E-state index contributed by atoms with van der Waals surface area (Å²) in [6.07, 6.45) is 3.04. The van der Waals surface area contributed by atoms with Crippen molar-refractivity contribution in [3.8, 4) is 0 Å². The van der Waals surface area contributed by atoms with E-state index in [4.69, 9.17) is 9.72 Å². The molecule has 0 atom stereocenters. The zero-order valence-corrected chi connectivity index (χ0v) is 12.2. The highest BCUT2D eigenvalue weighted by Crippen LogP contribution is 2.24. The smallest absolute Gasteiger partial charge is 0.137 e. The standard InChI is InChI=1S/C14H24N4O/c1-4-6-12-16-13(15-3)11(2)14(17-12)18-7-5-9-19-10-8-18/h4-10H2,1-3H3,(H,15,16,17). The topological polar surface area (TPSA) is 50.3 Å². The van der Waals surface area contributed by atoms with Crippen molar-refractivity contribution in [3.05, 3.63) is 11.4 Å². The summed E-state index contributed by atoms with van der Waals surface area (Å²) in [6, 6.07) is 0. The van der Waals surface area contributed by atoms with Gasteiger partial charge in [-0.1, -0.05) is 6.92 Å². The van der Waals surface area contributed by atoms with Gasteiger partial charge in [-0.05, 0) is 19.8 Å². The number of aromatic nitrogens is 2. The number of aryl methyl sites for hydroxylation is 1. The van der Waals surface area contributed by atoms with E-state index in [0.29, 0.717) is 0 Å². The highest BCUT2D eigenvalue weighted by molar-refractivity contribution is 5.58. The van der Waals surface area contributed by atoms with E-state index in [1.165, 1.54) is 0 Å². The van der Waals surface area contributed by atoms with Gasteiger partial charge in [-0.3, -0.25) is 0 Å². The SMILES string of the molecule is CCCc1nc(NC)c(C)c(N2CCCOCC2)n1. The molecule has 19 heavy (non-hydrogen) atoms.